The summed E-state index contributed by atoms with van der Waals surface area (Å²) >= 11 is 8.49. The molecule has 1 aromatic rings. The second kappa shape index (κ2) is 6.41. The predicted molar refractivity (Wildman–Crippen MR) is 85.7 cm³/mol. The monoisotopic (exact) mass is 316 g/mol. The van der Waals surface area contributed by atoms with E-state index in [1.807, 2.05) is 18.7 Å². The molecule has 0 atom stereocenters. The Balaban J connectivity index is 1.88. The Bertz CT molecular complexity index is 500. The van der Waals surface area contributed by atoms with Crippen LogP contribution in [0.25, 0.3) is 0 Å². The summed E-state index contributed by atoms with van der Waals surface area (Å²) in [6.07, 6.45) is 7.60. The summed E-state index contributed by atoms with van der Waals surface area (Å²) in [5.74, 6) is 0.105. The van der Waals surface area contributed by atoms with Crippen LogP contribution in [-0.2, 0) is 11.2 Å². The van der Waals surface area contributed by atoms with Crippen molar-refractivity contribution in [1.29, 1.82) is 0 Å². The van der Waals surface area contributed by atoms with Crippen LogP contribution in [0.1, 0.15) is 36.3 Å². The highest BCUT2D eigenvalue weighted by Crippen LogP contribution is 2.39. The molecule has 1 aliphatic carbocycles. The fourth-order valence-electron chi connectivity index (χ4n) is 2.55. The molecule has 2 rings (SSSR count). The number of carbonyl (C=O) groups is 1. The lowest BCUT2D eigenvalue weighted by atomic mass is 10.1. The van der Waals surface area contributed by atoms with Crippen molar-refractivity contribution in [3.05, 3.63) is 14.5 Å². The van der Waals surface area contributed by atoms with Gasteiger partial charge in [0.2, 0.25) is 5.91 Å². The number of carbonyl (C=O) groups excluding carboxylic acids is 1. The highest BCUT2D eigenvalue weighted by molar-refractivity contribution is 8.00. The van der Waals surface area contributed by atoms with Crippen molar-refractivity contribution >= 4 is 41.2 Å². The Hall–Kier alpha value is -0.330. The molecular formula is C13H20N2OS3. The van der Waals surface area contributed by atoms with Crippen LogP contribution in [0.4, 0.5) is 0 Å². The van der Waals surface area contributed by atoms with Crippen LogP contribution in [0.5, 0.6) is 0 Å². The molecule has 6 heteroatoms. The second-order valence-electron chi connectivity index (χ2n) is 5.11. The highest BCUT2D eigenvalue weighted by Gasteiger charge is 2.33. The Morgan fingerprint density at radius 3 is 2.74 bits per heavy atom. The van der Waals surface area contributed by atoms with Crippen molar-refractivity contribution in [3.8, 4) is 0 Å². The van der Waals surface area contributed by atoms with Gasteiger partial charge in [0, 0.05) is 21.9 Å². The number of thiazole rings is 1. The van der Waals surface area contributed by atoms with Gasteiger partial charge in [-0.1, -0.05) is 12.8 Å². The molecule has 0 bridgehead atoms. The molecule has 0 spiro atoms. The molecule has 0 aromatic carbocycles. The van der Waals surface area contributed by atoms with Crippen molar-refractivity contribution in [2.24, 2.45) is 0 Å². The summed E-state index contributed by atoms with van der Waals surface area (Å²) in [6.45, 7) is 2.76. The predicted octanol–water partition coefficient (Wildman–Crippen LogP) is 3.45. The minimum absolute atomic E-state index is 0.105. The lowest BCUT2D eigenvalue weighted by Crippen LogP contribution is -2.39. The van der Waals surface area contributed by atoms with E-state index < -0.39 is 0 Å². The maximum absolute atomic E-state index is 12.0. The van der Waals surface area contributed by atoms with Crippen LogP contribution < -0.4 is 5.32 Å². The van der Waals surface area contributed by atoms with Crippen molar-refractivity contribution in [3.63, 3.8) is 0 Å². The lowest BCUT2D eigenvalue weighted by Gasteiger charge is -2.26. The summed E-state index contributed by atoms with van der Waals surface area (Å²) in [7, 11) is 0. The third-order valence-electron chi connectivity index (χ3n) is 3.80. The number of rotatable bonds is 5. The second-order valence-corrected chi connectivity index (χ2v) is 8.16. The van der Waals surface area contributed by atoms with Crippen LogP contribution in [0, 0.1) is 10.9 Å². The third kappa shape index (κ3) is 3.83. The lowest BCUT2D eigenvalue weighted by molar-refractivity contribution is -0.120. The largest absolute Gasteiger partial charge is 0.354 e. The van der Waals surface area contributed by atoms with E-state index in [2.05, 4.69) is 16.6 Å². The van der Waals surface area contributed by atoms with Gasteiger partial charge in [-0.05, 0) is 38.2 Å². The van der Waals surface area contributed by atoms with E-state index in [0.29, 0.717) is 6.42 Å². The summed E-state index contributed by atoms with van der Waals surface area (Å²) in [5.41, 5.74) is 1.02. The Morgan fingerprint density at radius 1 is 1.53 bits per heavy atom. The Morgan fingerprint density at radius 2 is 2.21 bits per heavy atom. The van der Waals surface area contributed by atoms with Crippen LogP contribution >= 0.6 is 35.3 Å². The van der Waals surface area contributed by atoms with Crippen LogP contribution in [0.2, 0.25) is 0 Å². The van der Waals surface area contributed by atoms with Crippen molar-refractivity contribution in [2.75, 3.05) is 12.8 Å². The molecule has 1 heterocycles. The molecule has 1 aromatic heterocycles. The Kier molecular flexibility index (Phi) is 5.09. The van der Waals surface area contributed by atoms with Gasteiger partial charge in [0.15, 0.2) is 3.95 Å². The molecule has 1 fully saturated rings. The van der Waals surface area contributed by atoms with Gasteiger partial charge in [-0.25, -0.2) is 0 Å². The van der Waals surface area contributed by atoms with Crippen LogP contribution in [0.3, 0.4) is 0 Å². The van der Waals surface area contributed by atoms with Gasteiger partial charge in [0.25, 0.3) is 0 Å². The van der Waals surface area contributed by atoms with E-state index in [1.54, 1.807) is 0 Å². The van der Waals surface area contributed by atoms with Gasteiger partial charge < -0.3 is 10.3 Å². The molecule has 1 aliphatic rings. The molecule has 3 nitrogen and oxygen atoms in total. The minimum Gasteiger partial charge on any atom is -0.354 e. The first-order chi connectivity index (χ1) is 9.04. The number of aromatic nitrogens is 1. The van der Waals surface area contributed by atoms with Gasteiger partial charge in [0.1, 0.15) is 0 Å². The number of hydrogen-bond acceptors (Lipinski definition) is 4. The average molecular weight is 317 g/mol. The quantitative estimate of drug-likeness (QED) is 0.818. The molecule has 2 N–H and O–H groups in total. The zero-order chi connectivity index (χ0) is 13.9. The third-order valence-corrected chi connectivity index (χ3v) is 6.56. The minimum atomic E-state index is 0.105. The van der Waals surface area contributed by atoms with Crippen LogP contribution in [-0.4, -0.2) is 28.4 Å². The first kappa shape index (κ1) is 15.1. The van der Waals surface area contributed by atoms with Gasteiger partial charge >= 0.3 is 0 Å². The first-order valence-electron chi connectivity index (χ1n) is 6.55. The molecular weight excluding hydrogens is 296 g/mol. The zero-order valence-corrected chi connectivity index (χ0v) is 13.8. The number of aromatic amines is 1. The van der Waals surface area contributed by atoms with Gasteiger partial charge in [-0.2, -0.15) is 11.8 Å². The molecule has 0 unspecified atom stereocenters. The molecule has 1 amide bonds. The average Bonchev–Trinajstić information content (AvgIpc) is 2.95. The smallest absolute Gasteiger partial charge is 0.225 e. The first-order valence-corrected chi connectivity index (χ1v) is 9.00. The SMILES string of the molecule is CSC1(CNC(=O)Cc2sc(=S)[nH]c2C)CCCC1. The number of hydrogen-bond donors (Lipinski definition) is 2. The van der Waals surface area contributed by atoms with E-state index >= 15 is 0 Å². The van der Waals surface area contributed by atoms with E-state index in [4.69, 9.17) is 12.2 Å². The number of aryl methyl sites for hydroxylation is 1. The normalized spacial score (nSPS) is 17.6. The number of thioether (sulfide) groups is 1. The maximum atomic E-state index is 12.0. The van der Waals surface area contributed by atoms with Gasteiger partial charge in [-0.15, -0.1) is 11.3 Å². The standard InChI is InChI=1S/C13H20N2OS3/c1-9-10(19-12(17)15-9)7-11(16)14-8-13(18-2)5-3-4-6-13/h3-8H2,1-2H3,(H,14,16)(H,15,17). The van der Waals surface area contributed by atoms with Crippen molar-refractivity contribution in [2.45, 2.75) is 43.8 Å². The molecule has 0 radical (unpaired) electrons. The maximum Gasteiger partial charge on any atom is 0.225 e. The summed E-state index contributed by atoms with van der Waals surface area (Å²) in [4.78, 5) is 16.2. The Labute approximate surface area is 127 Å². The van der Waals surface area contributed by atoms with Gasteiger partial charge in [0.05, 0.1) is 6.42 Å². The van der Waals surface area contributed by atoms with E-state index in [-0.39, 0.29) is 10.7 Å². The molecule has 1 saturated carbocycles. The topological polar surface area (TPSA) is 44.9 Å². The number of H-pyrrole nitrogens is 1. The molecule has 0 saturated heterocycles. The van der Waals surface area contributed by atoms with Gasteiger partial charge in [-0.3, -0.25) is 4.79 Å². The fraction of sp³-hybridized carbons (Fsp3) is 0.692. The van der Waals surface area contributed by atoms with E-state index in [0.717, 1.165) is 21.1 Å². The molecule has 19 heavy (non-hydrogen) atoms. The summed E-state index contributed by atoms with van der Waals surface area (Å²) in [6, 6.07) is 0. The summed E-state index contributed by atoms with van der Waals surface area (Å²) < 4.78 is 1.02. The number of amides is 1. The van der Waals surface area contributed by atoms with E-state index in [1.165, 1.54) is 37.0 Å². The zero-order valence-electron chi connectivity index (χ0n) is 11.4. The number of nitrogens with one attached hydrogen (secondary N) is 2. The van der Waals surface area contributed by atoms with Crippen molar-refractivity contribution in [1.82, 2.24) is 10.3 Å². The highest BCUT2D eigenvalue weighted by atomic mass is 32.2. The van der Waals surface area contributed by atoms with Crippen LogP contribution in [0.15, 0.2) is 0 Å². The fourth-order valence-corrected chi connectivity index (χ4v) is 4.75. The van der Waals surface area contributed by atoms with E-state index in [9.17, 15) is 4.79 Å². The van der Waals surface area contributed by atoms with Crippen molar-refractivity contribution < 1.29 is 4.79 Å². The molecule has 0 aliphatic heterocycles. The molecule has 106 valence electrons. The summed E-state index contributed by atoms with van der Waals surface area (Å²) in [5, 5.41) is 3.10.